The monoisotopic (exact) mass is 331 g/mol. The van der Waals surface area contributed by atoms with Gasteiger partial charge in [0.15, 0.2) is 11.3 Å². The first-order valence-corrected chi connectivity index (χ1v) is 7.72. The second kappa shape index (κ2) is 5.62. The number of halogens is 1. The van der Waals surface area contributed by atoms with Gasteiger partial charge in [0, 0.05) is 37.3 Å². The number of hydrogen-bond acceptors (Lipinski definition) is 5. The van der Waals surface area contributed by atoms with E-state index in [1.165, 1.54) is 6.26 Å². The van der Waals surface area contributed by atoms with Gasteiger partial charge in [-0.05, 0) is 24.3 Å². The number of rotatable bonds is 2. The Bertz CT molecular complexity index is 836. The molecular weight excluding hydrogens is 318 g/mol. The summed E-state index contributed by atoms with van der Waals surface area (Å²) in [5.74, 6) is 0.286. The summed E-state index contributed by atoms with van der Waals surface area (Å²) in [6.45, 7) is 2.51. The molecule has 1 aromatic carbocycles. The fraction of sp³-hybridized carbons (Fsp3) is 0.250. The van der Waals surface area contributed by atoms with Crippen LogP contribution < -0.4 is 4.90 Å². The summed E-state index contributed by atoms with van der Waals surface area (Å²) in [6.07, 6.45) is 1.51. The number of fused-ring (bicyclic) bond motifs is 1. The van der Waals surface area contributed by atoms with Gasteiger partial charge in [-0.25, -0.2) is 0 Å². The molecule has 0 atom stereocenters. The van der Waals surface area contributed by atoms with Crippen molar-refractivity contribution in [2.24, 2.45) is 0 Å². The number of nitrogens with zero attached hydrogens (tertiary/aromatic N) is 3. The maximum atomic E-state index is 12.2. The molecule has 1 saturated heterocycles. The highest BCUT2D eigenvalue weighted by Crippen LogP contribution is 2.25. The standard InChI is InChI=1S/C16H14ClN3O3/c17-11-3-4-12-14(10-11)23-16(18-12)20-7-5-19(6-8-20)15(21)13-2-1-9-22-13/h1-4,9-10H,5-8H2. The van der Waals surface area contributed by atoms with E-state index < -0.39 is 0 Å². The number of aromatic nitrogens is 1. The Kier molecular flexibility index (Phi) is 3.46. The molecule has 1 fully saturated rings. The van der Waals surface area contributed by atoms with Crippen LogP contribution in [0.1, 0.15) is 10.6 Å². The lowest BCUT2D eigenvalue weighted by molar-refractivity contribution is 0.0713. The number of carbonyl (C=O) groups is 1. The third-order valence-electron chi connectivity index (χ3n) is 3.91. The summed E-state index contributed by atoms with van der Waals surface area (Å²) in [4.78, 5) is 20.5. The molecule has 0 spiro atoms. The van der Waals surface area contributed by atoms with Crippen molar-refractivity contribution in [2.45, 2.75) is 0 Å². The fourth-order valence-electron chi connectivity index (χ4n) is 2.68. The quantitative estimate of drug-likeness (QED) is 0.722. The van der Waals surface area contributed by atoms with Crippen molar-refractivity contribution >= 4 is 34.6 Å². The minimum Gasteiger partial charge on any atom is -0.459 e. The Labute approximate surface area is 137 Å². The van der Waals surface area contributed by atoms with Crippen LogP contribution in [0.2, 0.25) is 5.02 Å². The zero-order valence-electron chi connectivity index (χ0n) is 12.2. The minimum absolute atomic E-state index is 0.0843. The van der Waals surface area contributed by atoms with Gasteiger partial charge in [0.1, 0.15) is 5.52 Å². The number of amides is 1. The van der Waals surface area contributed by atoms with Crippen LogP contribution in [-0.2, 0) is 0 Å². The van der Waals surface area contributed by atoms with Crippen LogP contribution in [0.5, 0.6) is 0 Å². The zero-order valence-corrected chi connectivity index (χ0v) is 13.0. The summed E-state index contributed by atoms with van der Waals surface area (Å²) in [5.41, 5.74) is 1.44. The Balaban J connectivity index is 1.47. The highest BCUT2D eigenvalue weighted by atomic mass is 35.5. The SMILES string of the molecule is O=C(c1ccco1)N1CCN(c2nc3ccc(Cl)cc3o2)CC1. The largest absolute Gasteiger partial charge is 0.459 e. The maximum Gasteiger partial charge on any atom is 0.298 e. The summed E-state index contributed by atoms with van der Waals surface area (Å²) in [7, 11) is 0. The molecule has 7 heteroatoms. The average molecular weight is 332 g/mol. The van der Waals surface area contributed by atoms with Crippen molar-refractivity contribution in [3.05, 3.63) is 47.4 Å². The molecule has 1 aliphatic heterocycles. The first-order chi connectivity index (χ1) is 11.2. The van der Waals surface area contributed by atoms with E-state index in [-0.39, 0.29) is 5.91 Å². The predicted octanol–water partition coefficient (Wildman–Crippen LogP) is 3.04. The third kappa shape index (κ3) is 2.66. The van der Waals surface area contributed by atoms with Gasteiger partial charge in [-0.1, -0.05) is 11.6 Å². The molecule has 6 nitrogen and oxygen atoms in total. The second-order valence-corrected chi connectivity index (χ2v) is 5.80. The van der Waals surface area contributed by atoms with E-state index in [4.69, 9.17) is 20.4 Å². The fourth-order valence-corrected chi connectivity index (χ4v) is 2.84. The van der Waals surface area contributed by atoms with Gasteiger partial charge in [0.05, 0.1) is 6.26 Å². The Morgan fingerprint density at radius 1 is 1.17 bits per heavy atom. The van der Waals surface area contributed by atoms with E-state index in [0.29, 0.717) is 48.6 Å². The first-order valence-electron chi connectivity index (χ1n) is 7.34. The summed E-state index contributed by atoms with van der Waals surface area (Å²) in [6, 6.07) is 9.33. The van der Waals surface area contributed by atoms with E-state index in [2.05, 4.69) is 4.98 Å². The summed E-state index contributed by atoms with van der Waals surface area (Å²) < 4.78 is 10.9. The lowest BCUT2D eigenvalue weighted by Crippen LogP contribution is -2.48. The van der Waals surface area contributed by atoms with Gasteiger partial charge in [0.2, 0.25) is 0 Å². The minimum atomic E-state index is -0.0843. The normalized spacial score (nSPS) is 15.3. The Hall–Kier alpha value is -2.47. The van der Waals surface area contributed by atoms with Gasteiger partial charge < -0.3 is 18.6 Å². The average Bonchev–Trinajstić information content (AvgIpc) is 3.23. The molecule has 23 heavy (non-hydrogen) atoms. The number of benzene rings is 1. The van der Waals surface area contributed by atoms with Gasteiger partial charge >= 0.3 is 0 Å². The van der Waals surface area contributed by atoms with Gasteiger partial charge in [0.25, 0.3) is 11.9 Å². The summed E-state index contributed by atoms with van der Waals surface area (Å²) in [5, 5.41) is 0.620. The molecule has 0 radical (unpaired) electrons. The molecular formula is C16H14ClN3O3. The van der Waals surface area contributed by atoms with E-state index in [1.807, 2.05) is 11.0 Å². The van der Waals surface area contributed by atoms with Gasteiger partial charge in [-0.2, -0.15) is 4.98 Å². The van der Waals surface area contributed by atoms with Crippen LogP contribution in [0.25, 0.3) is 11.1 Å². The molecule has 0 aliphatic carbocycles. The van der Waals surface area contributed by atoms with E-state index in [9.17, 15) is 4.79 Å². The number of piperazine rings is 1. The van der Waals surface area contributed by atoms with Crippen LogP contribution >= 0.6 is 11.6 Å². The highest BCUT2D eigenvalue weighted by molar-refractivity contribution is 6.31. The highest BCUT2D eigenvalue weighted by Gasteiger charge is 2.25. The number of hydrogen-bond donors (Lipinski definition) is 0. The predicted molar refractivity (Wildman–Crippen MR) is 85.8 cm³/mol. The molecule has 118 valence electrons. The van der Waals surface area contributed by atoms with Crippen molar-refractivity contribution < 1.29 is 13.6 Å². The second-order valence-electron chi connectivity index (χ2n) is 5.37. The molecule has 3 heterocycles. The maximum absolute atomic E-state index is 12.2. The molecule has 0 bridgehead atoms. The first kappa shape index (κ1) is 14.1. The zero-order chi connectivity index (χ0) is 15.8. The van der Waals surface area contributed by atoms with Crippen molar-refractivity contribution in [2.75, 3.05) is 31.1 Å². The molecule has 3 aromatic rings. The number of anilines is 1. The molecule has 0 N–H and O–H groups in total. The van der Waals surface area contributed by atoms with Crippen molar-refractivity contribution in [1.29, 1.82) is 0 Å². The lowest BCUT2D eigenvalue weighted by atomic mass is 10.3. The van der Waals surface area contributed by atoms with Crippen LogP contribution in [-0.4, -0.2) is 42.0 Å². The van der Waals surface area contributed by atoms with Gasteiger partial charge in [-0.15, -0.1) is 0 Å². The molecule has 1 aliphatic rings. The van der Waals surface area contributed by atoms with Crippen molar-refractivity contribution in [1.82, 2.24) is 9.88 Å². The van der Waals surface area contributed by atoms with Crippen LogP contribution in [0.15, 0.2) is 45.4 Å². The van der Waals surface area contributed by atoms with Crippen LogP contribution in [0.3, 0.4) is 0 Å². The molecule has 2 aromatic heterocycles. The van der Waals surface area contributed by atoms with Crippen molar-refractivity contribution in [3.63, 3.8) is 0 Å². The van der Waals surface area contributed by atoms with E-state index in [0.717, 1.165) is 5.52 Å². The number of furan rings is 1. The topological polar surface area (TPSA) is 62.7 Å². The molecule has 0 saturated carbocycles. The van der Waals surface area contributed by atoms with Crippen LogP contribution in [0.4, 0.5) is 6.01 Å². The third-order valence-corrected chi connectivity index (χ3v) is 4.14. The summed E-state index contributed by atoms with van der Waals surface area (Å²) >= 11 is 5.96. The van der Waals surface area contributed by atoms with Crippen LogP contribution in [0, 0.1) is 0 Å². The van der Waals surface area contributed by atoms with E-state index in [1.54, 1.807) is 29.2 Å². The molecule has 1 amide bonds. The van der Waals surface area contributed by atoms with Gasteiger partial charge in [-0.3, -0.25) is 4.79 Å². The Morgan fingerprint density at radius 3 is 2.74 bits per heavy atom. The lowest BCUT2D eigenvalue weighted by Gasteiger charge is -2.33. The smallest absolute Gasteiger partial charge is 0.298 e. The van der Waals surface area contributed by atoms with E-state index >= 15 is 0 Å². The number of carbonyl (C=O) groups excluding carboxylic acids is 1. The Morgan fingerprint density at radius 2 is 2.00 bits per heavy atom. The van der Waals surface area contributed by atoms with Crippen molar-refractivity contribution in [3.8, 4) is 0 Å². The molecule has 4 rings (SSSR count). The number of oxazole rings is 1. The molecule has 0 unspecified atom stereocenters.